The first-order chi connectivity index (χ1) is 10.9. The molecule has 2 heterocycles. The van der Waals surface area contributed by atoms with Crippen LogP contribution in [0.2, 0.25) is 10.2 Å². The molecule has 1 saturated heterocycles. The summed E-state index contributed by atoms with van der Waals surface area (Å²) in [6.45, 7) is 4.64. The minimum Gasteiger partial charge on any atom is -0.352 e. The highest BCUT2D eigenvalue weighted by Crippen LogP contribution is 2.24. The molecule has 8 heteroatoms. The molecular formula is C15H16Cl2IN3O2. The third-order valence-corrected chi connectivity index (χ3v) is 5.19. The van der Waals surface area contributed by atoms with Gasteiger partial charge in [0.1, 0.15) is 5.15 Å². The summed E-state index contributed by atoms with van der Waals surface area (Å²) in [6, 6.07) is 1.73. The Hall–Kier alpha value is -0.860. The van der Waals surface area contributed by atoms with Gasteiger partial charge in [0.05, 0.1) is 10.7 Å². The summed E-state index contributed by atoms with van der Waals surface area (Å²) in [7, 11) is 0. The van der Waals surface area contributed by atoms with Crippen molar-refractivity contribution in [2.45, 2.75) is 25.3 Å². The molecular weight excluding hydrogens is 452 g/mol. The Morgan fingerprint density at radius 1 is 1.52 bits per heavy atom. The lowest BCUT2D eigenvalue weighted by Crippen LogP contribution is -2.38. The van der Waals surface area contributed by atoms with E-state index in [0.717, 1.165) is 15.7 Å². The van der Waals surface area contributed by atoms with Gasteiger partial charge in [-0.15, -0.1) is 0 Å². The van der Waals surface area contributed by atoms with Gasteiger partial charge < -0.3 is 10.2 Å². The molecule has 0 unspecified atom stereocenters. The number of nitrogens with one attached hydrogen (secondary N) is 1. The van der Waals surface area contributed by atoms with Gasteiger partial charge in [-0.3, -0.25) is 9.59 Å². The van der Waals surface area contributed by atoms with Crippen LogP contribution in [0, 0.1) is 3.57 Å². The second kappa shape index (κ2) is 8.30. The average molecular weight is 468 g/mol. The molecule has 1 aliphatic rings. The number of rotatable bonds is 5. The lowest BCUT2D eigenvalue weighted by atomic mass is 10.2. The fourth-order valence-corrected chi connectivity index (χ4v) is 3.59. The number of hydrogen-bond acceptors (Lipinski definition) is 3. The number of hydrogen-bond donors (Lipinski definition) is 1. The van der Waals surface area contributed by atoms with Crippen molar-refractivity contribution < 1.29 is 9.59 Å². The van der Waals surface area contributed by atoms with Gasteiger partial charge in [0, 0.05) is 29.1 Å². The Bertz CT molecular complexity index is 639. The Labute approximate surface area is 158 Å². The maximum absolute atomic E-state index is 12.1. The highest BCUT2D eigenvalue weighted by molar-refractivity contribution is 14.1. The van der Waals surface area contributed by atoms with Gasteiger partial charge in [0.15, 0.2) is 0 Å². The Balaban J connectivity index is 1.83. The molecule has 5 nitrogen and oxygen atoms in total. The predicted octanol–water partition coefficient (Wildman–Crippen LogP) is 2.83. The van der Waals surface area contributed by atoms with E-state index in [-0.39, 0.29) is 23.0 Å². The normalized spacial score (nSPS) is 17.2. The van der Waals surface area contributed by atoms with E-state index >= 15 is 0 Å². The van der Waals surface area contributed by atoms with Crippen LogP contribution >= 0.6 is 45.8 Å². The van der Waals surface area contributed by atoms with Gasteiger partial charge in [-0.2, -0.15) is 0 Å². The summed E-state index contributed by atoms with van der Waals surface area (Å²) >= 11 is 13.9. The van der Waals surface area contributed by atoms with Crippen LogP contribution < -0.4 is 5.32 Å². The Kier molecular flexibility index (Phi) is 6.67. The van der Waals surface area contributed by atoms with Gasteiger partial charge in [0.25, 0.3) is 0 Å². The van der Waals surface area contributed by atoms with Crippen LogP contribution in [0.1, 0.15) is 18.5 Å². The number of amides is 2. The summed E-state index contributed by atoms with van der Waals surface area (Å²) in [6.07, 6.45) is 2.85. The van der Waals surface area contributed by atoms with E-state index in [0.29, 0.717) is 31.0 Å². The zero-order valence-electron chi connectivity index (χ0n) is 12.3. The monoisotopic (exact) mass is 467 g/mol. The van der Waals surface area contributed by atoms with E-state index in [1.54, 1.807) is 11.0 Å². The van der Waals surface area contributed by atoms with E-state index in [1.165, 1.54) is 6.08 Å². The van der Waals surface area contributed by atoms with Crippen LogP contribution in [0.25, 0.3) is 0 Å². The zero-order chi connectivity index (χ0) is 17.0. The van der Waals surface area contributed by atoms with Crippen molar-refractivity contribution in [1.29, 1.82) is 0 Å². The number of halogens is 3. The Morgan fingerprint density at radius 3 is 2.96 bits per heavy atom. The first kappa shape index (κ1) is 18.5. The van der Waals surface area contributed by atoms with E-state index in [4.69, 9.17) is 23.2 Å². The van der Waals surface area contributed by atoms with Crippen molar-refractivity contribution in [3.8, 4) is 0 Å². The largest absolute Gasteiger partial charge is 0.352 e. The number of carbonyl (C=O) groups is 2. The maximum Gasteiger partial charge on any atom is 0.246 e. The number of nitrogens with zero attached hydrogens (tertiary/aromatic N) is 2. The fraction of sp³-hybridized carbons (Fsp3) is 0.400. The summed E-state index contributed by atoms with van der Waals surface area (Å²) < 4.78 is 0.883. The van der Waals surface area contributed by atoms with Crippen molar-refractivity contribution in [3.05, 3.63) is 38.2 Å². The number of pyridine rings is 1. The van der Waals surface area contributed by atoms with Crippen molar-refractivity contribution in [2.24, 2.45) is 0 Å². The highest BCUT2D eigenvalue weighted by atomic mass is 127. The Morgan fingerprint density at radius 2 is 2.26 bits per heavy atom. The molecule has 23 heavy (non-hydrogen) atoms. The van der Waals surface area contributed by atoms with Gasteiger partial charge in [-0.05, 0) is 47.6 Å². The molecule has 0 bridgehead atoms. The average Bonchev–Trinajstić information content (AvgIpc) is 2.97. The second-order valence-corrected chi connectivity index (χ2v) is 7.16. The lowest BCUT2D eigenvalue weighted by Gasteiger charge is -2.15. The summed E-state index contributed by atoms with van der Waals surface area (Å²) in [5.74, 6) is -0.164. The number of aromatic nitrogens is 1. The molecule has 0 aromatic carbocycles. The molecule has 1 aromatic heterocycles. The minimum atomic E-state index is -0.101. The maximum atomic E-state index is 12.1. The molecule has 1 atom stereocenters. The molecule has 1 aromatic rings. The van der Waals surface area contributed by atoms with E-state index in [9.17, 15) is 9.59 Å². The van der Waals surface area contributed by atoms with Gasteiger partial charge in [-0.1, -0.05) is 29.8 Å². The smallest absolute Gasteiger partial charge is 0.246 e. The molecule has 1 fully saturated rings. The van der Waals surface area contributed by atoms with Crippen LogP contribution in [0.5, 0.6) is 0 Å². The molecule has 2 rings (SSSR count). The number of carbonyl (C=O) groups excluding carboxylic acids is 2. The number of aryl methyl sites for hydroxylation is 1. The third-order valence-electron chi connectivity index (χ3n) is 3.59. The molecule has 1 aliphatic heterocycles. The van der Waals surface area contributed by atoms with Gasteiger partial charge >= 0.3 is 0 Å². The lowest BCUT2D eigenvalue weighted by molar-refractivity contribution is -0.126. The van der Waals surface area contributed by atoms with Crippen LogP contribution in [0.15, 0.2) is 18.7 Å². The molecule has 0 saturated carbocycles. The predicted molar refractivity (Wildman–Crippen MR) is 98.6 cm³/mol. The zero-order valence-corrected chi connectivity index (χ0v) is 16.0. The summed E-state index contributed by atoms with van der Waals surface area (Å²) in [4.78, 5) is 29.5. The van der Waals surface area contributed by atoms with E-state index in [1.807, 2.05) is 0 Å². The van der Waals surface area contributed by atoms with E-state index < -0.39 is 0 Å². The molecule has 0 spiro atoms. The minimum absolute atomic E-state index is 0.00719. The van der Waals surface area contributed by atoms with Crippen molar-refractivity contribution in [2.75, 3.05) is 13.1 Å². The summed E-state index contributed by atoms with van der Waals surface area (Å²) in [5.41, 5.74) is 0.755. The van der Waals surface area contributed by atoms with Crippen molar-refractivity contribution in [1.82, 2.24) is 15.2 Å². The van der Waals surface area contributed by atoms with Gasteiger partial charge in [-0.25, -0.2) is 4.98 Å². The molecule has 124 valence electrons. The molecule has 2 amide bonds. The SMILES string of the molecule is C=CC(=O)N1CC[C@@H](NC(=O)CCc2nc(Cl)c(Cl)cc2I)C1. The highest BCUT2D eigenvalue weighted by Gasteiger charge is 2.25. The molecule has 1 N–H and O–H groups in total. The van der Waals surface area contributed by atoms with Crippen LogP contribution in [-0.2, 0) is 16.0 Å². The van der Waals surface area contributed by atoms with Crippen LogP contribution in [0.3, 0.4) is 0 Å². The van der Waals surface area contributed by atoms with Crippen LogP contribution in [0.4, 0.5) is 0 Å². The number of likely N-dealkylation sites (tertiary alicyclic amines) is 1. The third kappa shape index (κ3) is 5.06. The second-order valence-electron chi connectivity index (χ2n) is 5.23. The quantitative estimate of drug-likeness (QED) is 0.411. The first-order valence-corrected chi connectivity index (χ1v) is 8.95. The standard InChI is InChI=1S/C15H16Cl2IN3O2/c1-2-14(23)21-6-5-9(8-21)19-13(22)4-3-12-11(18)7-10(16)15(17)20-12/h2,7,9H,1,3-6,8H2,(H,19,22)/t9-/m1/s1. The summed E-state index contributed by atoms with van der Waals surface area (Å²) in [5, 5.41) is 3.60. The fourth-order valence-electron chi connectivity index (χ4n) is 2.39. The van der Waals surface area contributed by atoms with Crippen LogP contribution in [-0.4, -0.2) is 40.8 Å². The molecule has 0 aliphatic carbocycles. The van der Waals surface area contributed by atoms with Gasteiger partial charge in [0.2, 0.25) is 11.8 Å². The van der Waals surface area contributed by atoms with E-state index in [2.05, 4.69) is 39.5 Å². The van der Waals surface area contributed by atoms with Crippen molar-refractivity contribution >= 4 is 57.6 Å². The van der Waals surface area contributed by atoms with Crippen molar-refractivity contribution in [3.63, 3.8) is 0 Å². The topological polar surface area (TPSA) is 62.3 Å². The first-order valence-electron chi connectivity index (χ1n) is 7.12. The molecule has 0 radical (unpaired) electrons.